The number of aryl methyl sites for hydroxylation is 1. The summed E-state index contributed by atoms with van der Waals surface area (Å²) in [5.74, 6) is -0.0793. The van der Waals surface area contributed by atoms with E-state index in [0.29, 0.717) is 44.6 Å². The fourth-order valence-corrected chi connectivity index (χ4v) is 3.59. The number of rotatable bonds is 8. The van der Waals surface area contributed by atoms with Crippen molar-refractivity contribution in [2.24, 2.45) is 0 Å². The van der Waals surface area contributed by atoms with Crippen LogP contribution in [0.15, 0.2) is 48.5 Å². The maximum absolute atomic E-state index is 13.2. The van der Waals surface area contributed by atoms with Crippen LogP contribution in [0.1, 0.15) is 17.5 Å². The zero-order valence-electron chi connectivity index (χ0n) is 18.2. The lowest BCUT2D eigenvalue weighted by Gasteiger charge is -2.35. The highest BCUT2D eigenvalue weighted by atomic mass is 19.1. The van der Waals surface area contributed by atoms with Crippen LogP contribution in [0.3, 0.4) is 0 Å². The van der Waals surface area contributed by atoms with Crippen molar-refractivity contribution in [3.8, 4) is 5.75 Å². The standard InChI is InChI=1S/C24H28FN3O4/c1-32-21-8-5-18(6-9-21)7-10-23(30)27-11-13-28(14-12-27)24(31)17-26-22(29)16-19-3-2-4-20(25)15-19/h2-6,8-9,15H,7,10-14,16-17H2,1H3,(H,26,29). The van der Waals surface area contributed by atoms with Crippen molar-refractivity contribution in [3.05, 3.63) is 65.5 Å². The summed E-state index contributed by atoms with van der Waals surface area (Å²) in [5.41, 5.74) is 1.62. The van der Waals surface area contributed by atoms with E-state index in [9.17, 15) is 18.8 Å². The molecule has 1 N–H and O–H groups in total. The molecule has 0 aromatic heterocycles. The SMILES string of the molecule is COc1ccc(CCC(=O)N2CCN(C(=O)CNC(=O)Cc3cccc(F)c3)CC2)cc1. The van der Waals surface area contributed by atoms with E-state index < -0.39 is 5.82 Å². The second-order valence-electron chi connectivity index (χ2n) is 7.69. The number of benzene rings is 2. The highest BCUT2D eigenvalue weighted by Crippen LogP contribution is 2.13. The minimum atomic E-state index is -0.400. The lowest BCUT2D eigenvalue weighted by Crippen LogP contribution is -2.52. The van der Waals surface area contributed by atoms with Crippen LogP contribution in [0.25, 0.3) is 0 Å². The first-order valence-corrected chi connectivity index (χ1v) is 10.6. The molecule has 0 aliphatic carbocycles. The summed E-state index contributed by atoms with van der Waals surface area (Å²) in [6, 6.07) is 13.5. The smallest absolute Gasteiger partial charge is 0.242 e. The molecule has 0 bridgehead atoms. The van der Waals surface area contributed by atoms with Crippen molar-refractivity contribution in [3.63, 3.8) is 0 Å². The molecule has 7 nitrogen and oxygen atoms in total. The van der Waals surface area contributed by atoms with E-state index in [1.807, 2.05) is 24.3 Å². The van der Waals surface area contributed by atoms with E-state index in [2.05, 4.69) is 5.32 Å². The van der Waals surface area contributed by atoms with Gasteiger partial charge in [-0.2, -0.15) is 0 Å². The van der Waals surface area contributed by atoms with Crippen LogP contribution >= 0.6 is 0 Å². The molecule has 170 valence electrons. The quantitative estimate of drug-likeness (QED) is 0.678. The summed E-state index contributed by atoms with van der Waals surface area (Å²) in [6.07, 6.45) is 1.08. The summed E-state index contributed by atoms with van der Waals surface area (Å²) in [6.45, 7) is 1.72. The van der Waals surface area contributed by atoms with Crippen LogP contribution in [-0.4, -0.2) is 67.4 Å². The molecule has 0 radical (unpaired) electrons. The first-order valence-electron chi connectivity index (χ1n) is 10.6. The van der Waals surface area contributed by atoms with Gasteiger partial charge in [-0.05, 0) is 41.8 Å². The number of piperazine rings is 1. The fraction of sp³-hybridized carbons (Fsp3) is 0.375. The Hall–Kier alpha value is -3.42. The number of methoxy groups -OCH3 is 1. The second-order valence-corrected chi connectivity index (χ2v) is 7.69. The van der Waals surface area contributed by atoms with Gasteiger partial charge in [0.05, 0.1) is 20.1 Å². The van der Waals surface area contributed by atoms with Gasteiger partial charge in [0, 0.05) is 32.6 Å². The molecule has 0 saturated carbocycles. The monoisotopic (exact) mass is 441 g/mol. The molecular weight excluding hydrogens is 413 g/mol. The van der Waals surface area contributed by atoms with E-state index in [-0.39, 0.29) is 30.7 Å². The molecule has 1 aliphatic heterocycles. The summed E-state index contributed by atoms with van der Waals surface area (Å²) in [4.78, 5) is 40.3. The van der Waals surface area contributed by atoms with Crippen LogP contribution in [-0.2, 0) is 27.2 Å². The lowest BCUT2D eigenvalue weighted by molar-refractivity contribution is -0.139. The third kappa shape index (κ3) is 6.80. The molecule has 1 fully saturated rings. The fourth-order valence-electron chi connectivity index (χ4n) is 3.59. The van der Waals surface area contributed by atoms with Gasteiger partial charge >= 0.3 is 0 Å². The molecule has 1 saturated heterocycles. The summed E-state index contributed by atoms with van der Waals surface area (Å²) in [5, 5.41) is 2.59. The lowest BCUT2D eigenvalue weighted by atomic mass is 10.1. The molecule has 2 aromatic carbocycles. The average molecular weight is 442 g/mol. The van der Waals surface area contributed by atoms with Crippen LogP contribution < -0.4 is 10.1 Å². The molecule has 3 amide bonds. The molecular formula is C24H28FN3O4. The Labute approximate surface area is 187 Å². The third-order valence-electron chi connectivity index (χ3n) is 5.46. The highest BCUT2D eigenvalue weighted by Gasteiger charge is 2.24. The maximum atomic E-state index is 13.2. The highest BCUT2D eigenvalue weighted by molar-refractivity contribution is 5.86. The number of carbonyl (C=O) groups is 3. The molecule has 0 atom stereocenters. The number of ether oxygens (including phenoxy) is 1. The number of amides is 3. The Kier molecular flexibility index (Phi) is 8.19. The van der Waals surface area contributed by atoms with Gasteiger partial charge in [-0.25, -0.2) is 4.39 Å². The number of carbonyl (C=O) groups excluding carboxylic acids is 3. The van der Waals surface area contributed by atoms with E-state index in [0.717, 1.165) is 11.3 Å². The molecule has 2 aromatic rings. The van der Waals surface area contributed by atoms with Gasteiger partial charge in [-0.15, -0.1) is 0 Å². The minimum absolute atomic E-state index is 0.0154. The topological polar surface area (TPSA) is 79.0 Å². The Bertz CT molecular complexity index is 941. The summed E-state index contributed by atoms with van der Waals surface area (Å²) in [7, 11) is 1.61. The zero-order valence-corrected chi connectivity index (χ0v) is 18.2. The average Bonchev–Trinajstić information content (AvgIpc) is 2.81. The molecule has 3 rings (SSSR count). The van der Waals surface area contributed by atoms with Gasteiger partial charge in [0.15, 0.2) is 0 Å². The van der Waals surface area contributed by atoms with Crippen molar-refractivity contribution < 1.29 is 23.5 Å². The summed E-state index contributed by atoms with van der Waals surface area (Å²) >= 11 is 0. The number of nitrogens with one attached hydrogen (secondary N) is 1. The predicted octanol–water partition coefficient (Wildman–Crippen LogP) is 1.80. The molecule has 1 aliphatic rings. The van der Waals surface area contributed by atoms with Gasteiger partial charge in [0.25, 0.3) is 0 Å². The molecule has 8 heteroatoms. The van der Waals surface area contributed by atoms with E-state index in [1.54, 1.807) is 29.0 Å². The normalized spacial score (nSPS) is 13.6. The molecule has 0 unspecified atom stereocenters. The van der Waals surface area contributed by atoms with Crippen LogP contribution in [0.2, 0.25) is 0 Å². The van der Waals surface area contributed by atoms with Gasteiger partial charge in [0.2, 0.25) is 17.7 Å². The Balaban J connectivity index is 1.36. The van der Waals surface area contributed by atoms with Crippen molar-refractivity contribution in [2.45, 2.75) is 19.3 Å². The molecule has 32 heavy (non-hydrogen) atoms. The van der Waals surface area contributed by atoms with Crippen molar-refractivity contribution in [1.29, 1.82) is 0 Å². The Morgan fingerprint density at radius 2 is 1.59 bits per heavy atom. The number of nitrogens with zero attached hydrogens (tertiary/aromatic N) is 2. The first kappa shape index (κ1) is 23.2. The van der Waals surface area contributed by atoms with Gasteiger partial charge in [0.1, 0.15) is 11.6 Å². The van der Waals surface area contributed by atoms with Crippen LogP contribution in [0, 0.1) is 5.82 Å². The maximum Gasteiger partial charge on any atom is 0.242 e. The van der Waals surface area contributed by atoms with E-state index in [1.165, 1.54) is 12.1 Å². The predicted molar refractivity (Wildman–Crippen MR) is 118 cm³/mol. The number of hydrogen-bond donors (Lipinski definition) is 1. The van der Waals surface area contributed by atoms with Gasteiger partial charge < -0.3 is 19.9 Å². The number of hydrogen-bond acceptors (Lipinski definition) is 4. The van der Waals surface area contributed by atoms with E-state index >= 15 is 0 Å². The number of halogens is 1. The third-order valence-corrected chi connectivity index (χ3v) is 5.46. The minimum Gasteiger partial charge on any atom is -0.497 e. The van der Waals surface area contributed by atoms with Crippen molar-refractivity contribution in [2.75, 3.05) is 39.8 Å². The Morgan fingerprint density at radius 3 is 2.22 bits per heavy atom. The first-order chi connectivity index (χ1) is 15.4. The second kappa shape index (κ2) is 11.3. The molecule has 1 heterocycles. The van der Waals surface area contributed by atoms with Crippen LogP contribution in [0.5, 0.6) is 5.75 Å². The van der Waals surface area contributed by atoms with Gasteiger partial charge in [-0.1, -0.05) is 24.3 Å². The zero-order chi connectivity index (χ0) is 22.9. The Morgan fingerprint density at radius 1 is 0.938 bits per heavy atom. The van der Waals surface area contributed by atoms with Gasteiger partial charge in [-0.3, -0.25) is 14.4 Å². The van der Waals surface area contributed by atoms with Crippen molar-refractivity contribution >= 4 is 17.7 Å². The largest absolute Gasteiger partial charge is 0.497 e. The van der Waals surface area contributed by atoms with E-state index in [4.69, 9.17) is 4.74 Å². The molecule has 0 spiro atoms. The summed E-state index contributed by atoms with van der Waals surface area (Å²) < 4.78 is 18.3. The van der Waals surface area contributed by atoms with Crippen LogP contribution in [0.4, 0.5) is 4.39 Å². The van der Waals surface area contributed by atoms with Crippen molar-refractivity contribution in [1.82, 2.24) is 15.1 Å².